The van der Waals surface area contributed by atoms with Crippen LogP contribution >= 0.6 is 22.6 Å². The molecule has 0 aliphatic heterocycles. The van der Waals surface area contributed by atoms with E-state index in [9.17, 15) is 0 Å². The van der Waals surface area contributed by atoms with Crippen molar-refractivity contribution in [2.24, 2.45) is 0 Å². The Labute approximate surface area is 97.1 Å². The predicted molar refractivity (Wildman–Crippen MR) is 65.8 cm³/mol. The van der Waals surface area contributed by atoms with E-state index in [1.165, 1.54) is 11.3 Å². The SMILES string of the molecule is Cc1ccc(-n2nc(I)cc2C)cc1. The van der Waals surface area contributed by atoms with Crippen molar-refractivity contribution in [3.63, 3.8) is 0 Å². The highest BCUT2D eigenvalue weighted by atomic mass is 127. The molecule has 72 valence electrons. The standard InChI is InChI=1S/C11H11IN2/c1-8-3-5-10(6-4-8)14-9(2)7-11(12)13-14/h3-7H,1-2H3. The maximum Gasteiger partial charge on any atom is 0.124 e. The molecule has 0 aliphatic rings. The molecular formula is C11H11IN2. The van der Waals surface area contributed by atoms with Gasteiger partial charge in [0.2, 0.25) is 0 Å². The molecule has 1 heterocycles. The first-order chi connectivity index (χ1) is 6.66. The van der Waals surface area contributed by atoms with Gasteiger partial charge in [0.05, 0.1) is 5.69 Å². The zero-order valence-electron chi connectivity index (χ0n) is 8.16. The summed E-state index contributed by atoms with van der Waals surface area (Å²) in [6, 6.07) is 10.4. The van der Waals surface area contributed by atoms with E-state index >= 15 is 0 Å². The second-order valence-electron chi connectivity index (χ2n) is 3.36. The molecule has 0 bridgehead atoms. The van der Waals surface area contributed by atoms with Gasteiger partial charge in [0.15, 0.2) is 0 Å². The largest absolute Gasteiger partial charge is 0.237 e. The lowest BCUT2D eigenvalue weighted by atomic mass is 10.2. The minimum atomic E-state index is 1.03. The van der Waals surface area contributed by atoms with Crippen LogP contribution in [0.25, 0.3) is 5.69 Å². The zero-order valence-corrected chi connectivity index (χ0v) is 10.3. The molecule has 0 saturated heterocycles. The third-order valence-corrected chi connectivity index (χ3v) is 2.66. The smallest absolute Gasteiger partial charge is 0.124 e. The number of aryl methyl sites for hydroxylation is 2. The predicted octanol–water partition coefficient (Wildman–Crippen LogP) is 3.09. The summed E-state index contributed by atoms with van der Waals surface area (Å²) >= 11 is 2.23. The highest BCUT2D eigenvalue weighted by molar-refractivity contribution is 14.1. The van der Waals surface area contributed by atoms with Gasteiger partial charge in [-0.05, 0) is 54.6 Å². The summed E-state index contributed by atoms with van der Waals surface area (Å²) in [4.78, 5) is 0. The fourth-order valence-electron chi connectivity index (χ4n) is 1.38. The molecule has 0 amide bonds. The Bertz CT molecular complexity index is 443. The van der Waals surface area contributed by atoms with Crippen LogP contribution in [-0.4, -0.2) is 9.78 Å². The zero-order chi connectivity index (χ0) is 10.1. The third-order valence-electron chi connectivity index (χ3n) is 2.14. The van der Waals surface area contributed by atoms with Gasteiger partial charge in [-0.3, -0.25) is 0 Å². The number of rotatable bonds is 1. The van der Waals surface area contributed by atoms with Gasteiger partial charge >= 0.3 is 0 Å². The number of hydrogen-bond donors (Lipinski definition) is 0. The first-order valence-corrected chi connectivity index (χ1v) is 5.54. The third kappa shape index (κ3) is 1.82. The van der Waals surface area contributed by atoms with Gasteiger partial charge in [-0.25, -0.2) is 4.68 Å². The Morgan fingerprint density at radius 3 is 2.29 bits per heavy atom. The molecule has 0 saturated carbocycles. The average Bonchev–Trinajstić information content (AvgIpc) is 2.47. The molecule has 0 N–H and O–H groups in total. The maximum absolute atomic E-state index is 4.41. The Morgan fingerprint density at radius 2 is 1.79 bits per heavy atom. The van der Waals surface area contributed by atoms with Crippen molar-refractivity contribution >= 4 is 22.6 Å². The van der Waals surface area contributed by atoms with Gasteiger partial charge < -0.3 is 0 Å². The van der Waals surface area contributed by atoms with Crippen molar-refractivity contribution in [3.8, 4) is 5.69 Å². The van der Waals surface area contributed by atoms with Crippen LogP contribution in [0.3, 0.4) is 0 Å². The van der Waals surface area contributed by atoms with Gasteiger partial charge in [0.1, 0.15) is 3.70 Å². The molecule has 0 fully saturated rings. The molecule has 2 rings (SSSR count). The van der Waals surface area contributed by atoms with Crippen molar-refractivity contribution in [2.75, 3.05) is 0 Å². The van der Waals surface area contributed by atoms with Gasteiger partial charge in [0, 0.05) is 5.69 Å². The summed E-state index contributed by atoms with van der Waals surface area (Å²) in [5, 5.41) is 4.41. The Hall–Kier alpha value is -0.840. The summed E-state index contributed by atoms with van der Waals surface area (Å²) in [6.07, 6.45) is 0. The van der Waals surface area contributed by atoms with Crippen LogP contribution in [0, 0.1) is 17.5 Å². The lowest BCUT2D eigenvalue weighted by Crippen LogP contribution is -1.98. The molecule has 0 aliphatic carbocycles. The molecule has 0 spiro atoms. The van der Waals surface area contributed by atoms with Crippen LogP contribution in [0.15, 0.2) is 30.3 Å². The molecule has 0 unspecified atom stereocenters. The van der Waals surface area contributed by atoms with E-state index in [4.69, 9.17) is 0 Å². The first kappa shape index (κ1) is 9.71. The monoisotopic (exact) mass is 298 g/mol. The molecular weight excluding hydrogens is 287 g/mol. The Morgan fingerprint density at radius 1 is 1.14 bits per heavy atom. The number of halogens is 1. The van der Waals surface area contributed by atoms with Gasteiger partial charge in [-0.2, -0.15) is 5.10 Å². The fourth-order valence-corrected chi connectivity index (χ4v) is 2.05. The fraction of sp³-hybridized carbons (Fsp3) is 0.182. The van der Waals surface area contributed by atoms with Crippen LogP contribution in [0.5, 0.6) is 0 Å². The van der Waals surface area contributed by atoms with Gasteiger partial charge in [0.25, 0.3) is 0 Å². The van der Waals surface area contributed by atoms with Gasteiger partial charge in [-0.1, -0.05) is 17.7 Å². The van der Waals surface area contributed by atoms with Gasteiger partial charge in [-0.15, -0.1) is 0 Å². The number of benzene rings is 1. The molecule has 0 atom stereocenters. The minimum Gasteiger partial charge on any atom is -0.237 e. The second-order valence-corrected chi connectivity index (χ2v) is 4.46. The van der Waals surface area contributed by atoms with E-state index in [1.54, 1.807) is 0 Å². The summed E-state index contributed by atoms with van der Waals surface area (Å²) in [5.74, 6) is 0. The second kappa shape index (κ2) is 3.73. The van der Waals surface area contributed by atoms with Crippen molar-refractivity contribution in [3.05, 3.63) is 45.3 Å². The number of aromatic nitrogens is 2. The van der Waals surface area contributed by atoms with E-state index in [1.807, 2.05) is 4.68 Å². The number of hydrogen-bond acceptors (Lipinski definition) is 1. The highest BCUT2D eigenvalue weighted by Gasteiger charge is 2.02. The van der Waals surface area contributed by atoms with E-state index in [2.05, 4.69) is 71.9 Å². The molecule has 2 nitrogen and oxygen atoms in total. The van der Waals surface area contributed by atoms with Crippen LogP contribution in [0.4, 0.5) is 0 Å². The summed E-state index contributed by atoms with van der Waals surface area (Å²) in [5.41, 5.74) is 3.56. The summed E-state index contributed by atoms with van der Waals surface area (Å²) < 4.78 is 2.99. The quantitative estimate of drug-likeness (QED) is 0.740. The van der Waals surface area contributed by atoms with E-state index in [-0.39, 0.29) is 0 Å². The first-order valence-electron chi connectivity index (χ1n) is 4.46. The molecule has 0 radical (unpaired) electrons. The topological polar surface area (TPSA) is 17.8 Å². The molecule has 1 aromatic carbocycles. The Kier molecular flexibility index (Phi) is 2.58. The van der Waals surface area contributed by atoms with E-state index in [0.29, 0.717) is 0 Å². The van der Waals surface area contributed by atoms with Crippen LogP contribution in [0.2, 0.25) is 0 Å². The lowest BCUT2D eigenvalue weighted by molar-refractivity contribution is 0.838. The van der Waals surface area contributed by atoms with Crippen LogP contribution in [0.1, 0.15) is 11.3 Å². The maximum atomic E-state index is 4.41. The summed E-state index contributed by atoms with van der Waals surface area (Å²) in [7, 11) is 0. The minimum absolute atomic E-state index is 1.03. The summed E-state index contributed by atoms with van der Waals surface area (Å²) in [6.45, 7) is 4.15. The van der Waals surface area contributed by atoms with E-state index in [0.717, 1.165) is 9.39 Å². The Balaban J connectivity index is 2.49. The van der Waals surface area contributed by atoms with Crippen molar-refractivity contribution in [2.45, 2.75) is 13.8 Å². The molecule has 1 aromatic heterocycles. The normalized spacial score (nSPS) is 10.5. The van der Waals surface area contributed by atoms with Crippen LogP contribution in [-0.2, 0) is 0 Å². The van der Waals surface area contributed by atoms with Crippen molar-refractivity contribution in [1.29, 1.82) is 0 Å². The van der Waals surface area contributed by atoms with Crippen molar-refractivity contribution < 1.29 is 0 Å². The van der Waals surface area contributed by atoms with Crippen molar-refractivity contribution in [1.82, 2.24) is 9.78 Å². The number of nitrogens with zero attached hydrogens (tertiary/aromatic N) is 2. The average molecular weight is 298 g/mol. The molecule has 3 heteroatoms. The van der Waals surface area contributed by atoms with E-state index < -0.39 is 0 Å². The highest BCUT2D eigenvalue weighted by Crippen LogP contribution is 2.13. The van der Waals surface area contributed by atoms with Crippen LogP contribution < -0.4 is 0 Å². The lowest BCUT2D eigenvalue weighted by Gasteiger charge is -2.03. The molecule has 2 aromatic rings. The molecule has 14 heavy (non-hydrogen) atoms.